The Morgan fingerprint density at radius 3 is 2.79 bits per heavy atom. The van der Waals surface area contributed by atoms with Gasteiger partial charge in [-0.15, -0.1) is 0 Å². The first-order valence-electron chi connectivity index (χ1n) is 6.67. The molecule has 1 aromatic rings. The molecule has 2 rings (SSSR count). The summed E-state index contributed by atoms with van der Waals surface area (Å²) in [6, 6.07) is 5.99. The van der Waals surface area contributed by atoms with E-state index in [0.717, 1.165) is 42.3 Å². The zero-order valence-electron chi connectivity index (χ0n) is 11.1. The van der Waals surface area contributed by atoms with Crippen molar-refractivity contribution in [1.29, 1.82) is 0 Å². The van der Waals surface area contributed by atoms with Crippen LogP contribution in [0.25, 0.3) is 0 Å². The summed E-state index contributed by atoms with van der Waals surface area (Å²) in [5.74, 6) is 0.237. The second-order valence-electron chi connectivity index (χ2n) is 5.16. The molecule has 1 aromatic carbocycles. The summed E-state index contributed by atoms with van der Waals surface area (Å²) < 4.78 is 6.13. The molecule has 2 atom stereocenters. The third-order valence-corrected chi connectivity index (χ3v) is 4.56. The van der Waals surface area contributed by atoms with Crippen LogP contribution in [-0.2, 0) is 11.2 Å². The molecule has 1 saturated carbocycles. The zero-order chi connectivity index (χ0) is 13.8. The zero-order valence-corrected chi connectivity index (χ0v) is 12.6. The smallest absolute Gasteiger partial charge is 0.306 e. The van der Waals surface area contributed by atoms with Gasteiger partial charge in [-0.05, 0) is 58.8 Å². The molecule has 2 unspecified atom stereocenters. The van der Waals surface area contributed by atoms with Crippen molar-refractivity contribution in [3.05, 3.63) is 28.2 Å². The van der Waals surface area contributed by atoms with Crippen LogP contribution in [0.2, 0.25) is 0 Å². The van der Waals surface area contributed by atoms with E-state index in [1.54, 1.807) is 7.11 Å². The monoisotopic (exact) mass is 326 g/mol. The number of hydrogen-bond donors (Lipinski definition) is 1. The molecule has 0 saturated heterocycles. The molecule has 104 valence electrons. The average Bonchev–Trinajstić information content (AvgIpc) is 2.39. The van der Waals surface area contributed by atoms with Gasteiger partial charge in [-0.2, -0.15) is 0 Å². The predicted octanol–water partition coefficient (Wildman–Crippen LogP) is 3.89. The van der Waals surface area contributed by atoms with Crippen LogP contribution >= 0.6 is 15.9 Å². The third kappa shape index (κ3) is 3.50. The fraction of sp³-hybridized carbons (Fsp3) is 0.533. The highest BCUT2D eigenvalue weighted by Gasteiger charge is 2.30. The van der Waals surface area contributed by atoms with Crippen molar-refractivity contribution in [2.75, 3.05) is 7.11 Å². The lowest BCUT2D eigenvalue weighted by atomic mass is 9.76. The molecular weight excluding hydrogens is 308 g/mol. The molecular formula is C15H19BrO3. The molecule has 1 N–H and O–H groups in total. The van der Waals surface area contributed by atoms with Crippen LogP contribution < -0.4 is 4.74 Å². The van der Waals surface area contributed by atoms with E-state index < -0.39 is 5.97 Å². The number of carboxylic acids is 1. The number of aliphatic carboxylic acids is 1. The first-order valence-corrected chi connectivity index (χ1v) is 7.46. The van der Waals surface area contributed by atoms with E-state index in [2.05, 4.69) is 15.9 Å². The van der Waals surface area contributed by atoms with E-state index in [4.69, 9.17) is 4.74 Å². The van der Waals surface area contributed by atoms with Gasteiger partial charge in [-0.1, -0.05) is 18.9 Å². The number of ether oxygens (including phenoxy) is 1. The Hall–Kier alpha value is -1.03. The molecule has 0 amide bonds. The van der Waals surface area contributed by atoms with E-state index in [-0.39, 0.29) is 11.8 Å². The molecule has 4 heteroatoms. The molecule has 1 fully saturated rings. The highest BCUT2D eigenvalue weighted by molar-refractivity contribution is 9.10. The predicted molar refractivity (Wildman–Crippen MR) is 77.5 cm³/mol. The van der Waals surface area contributed by atoms with Gasteiger partial charge in [0.25, 0.3) is 0 Å². The lowest BCUT2D eigenvalue weighted by Gasteiger charge is -2.28. The van der Waals surface area contributed by atoms with Crippen molar-refractivity contribution in [2.45, 2.75) is 32.1 Å². The summed E-state index contributed by atoms with van der Waals surface area (Å²) in [4.78, 5) is 11.3. The van der Waals surface area contributed by atoms with Gasteiger partial charge in [0, 0.05) is 0 Å². The topological polar surface area (TPSA) is 46.5 Å². The number of methoxy groups -OCH3 is 1. The Morgan fingerprint density at radius 1 is 1.42 bits per heavy atom. The van der Waals surface area contributed by atoms with Gasteiger partial charge in [-0.25, -0.2) is 0 Å². The Morgan fingerprint density at radius 2 is 2.16 bits per heavy atom. The minimum absolute atomic E-state index is 0.186. The number of rotatable bonds is 4. The van der Waals surface area contributed by atoms with Crippen molar-refractivity contribution < 1.29 is 14.6 Å². The molecule has 0 spiro atoms. The second-order valence-corrected chi connectivity index (χ2v) is 6.02. The normalized spacial score (nSPS) is 23.1. The molecule has 19 heavy (non-hydrogen) atoms. The van der Waals surface area contributed by atoms with Gasteiger partial charge in [0.05, 0.1) is 17.5 Å². The van der Waals surface area contributed by atoms with Crippen LogP contribution in [0.15, 0.2) is 22.7 Å². The van der Waals surface area contributed by atoms with Gasteiger partial charge >= 0.3 is 5.97 Å². The number of hydrogen-bond acceptors (Lipinski definition) is 2. The Labute approximate surface area is 122 Å². The van der Waals surface area contributed by atoms with Gasteiger partial charge in [0.2, 0.25) is 0 Å². The van der Waals surface area contributed by atoms with Crippen LogP contribution in [0.1, 0.15) is 31.2 Å². The summed E-state index contributed by atoms with van der Waals surface area (Å²) in [7, 11) is 1.64. The fourth-order valence-corrected chi connectivity index (χ4v) is 3.50. The first kappa shape index (κ1) is 14.4. The first-order chi connectivity index (χ1) is 9.11. The number of benzene rings is 1. The maximum absolute atomic E-state index is 11.3. The molecule has 0 aromatic heterocycles. The van der Waals surface area contributed by atoms with Crippen LogP contribution in [0.5, 0.6) is 5.75 Å². The van der Waals surface area contributed by atoms with Crippen LogP contribution in [0, 0.1) is 11.8 Å². The van der Waals surface area contributed by atoms with Crippen molar-refractivity contribution in [1.82, 2.24) is 0 Å². The van der Waals surface area contributed by atoms with Crippen molar-refractivity contribution in [3.63, 3.8) is 0 Å². The fourth-order valence-electron chi connectivity index (χ4n) is 2.92. The molecule has 0 radical (unpaired) electrons. The number of halogens is 1. The summed E-state index contributed by atoms with van der Waals surface area (Å²) in [6.07, 6.45) is 4.85. The van der Waals surface area contributed by atoms with Crippen molar-refractivity contribution in [2.24, 2.45) is 11.8 Å². The number of carbonyl (C=O) groups is 1. The van der Waals surface area contributed by atoms with E-state index in [0.29, 0.717) is 0 Å². The minimum Gasteiger partial charge on any atom is -0.496 e. The largest absolute Gasteiger partial charge is 0.496 e. The van der Waals surface area contributed by atoms with E-state index in [1.807, 2.05) is 18.2 Å². The van der Waals surface area contributed by atoms with Crippen molar-refractivity contribution >= 4 is 21.9 Å². The van der Waals surface area contributed by atoms with E-state index >= 15 is 0 Å². The van der Waals surface area contributed by atoms with Crippen LogP contribution in [0.4, 0.5) is 0 Å². The van der Waals surface area contributed by atoms with Crippen LogP contribution in [0.3, 0.4) is 0 Å². The quantitative estimate of drug-likeness (QED) is 0.912. The van der Waals surface area contributed by atoms with Crippen LogP contribution in [-0.4, -0.2) is 18.2 Å². The molecule has 1 aliphatic carbocycles. The highest BCUT2D eigenvalue weighted by Crippen LogP contribution is 2.34. The van der Waals surface area contributed by atoms with E-state index in [1.165, 1.54) is 5.56 Å². The lowest BCUT2D eigenvalue weighted by Crippen LogP contribution is -2.28. The number of carboxylic acid groups (broad SMARTS) is 1. The molecule has 3 nitrogen and oxygen atoms in total. The van der Waals surface area contributed by atoms with Crippen molar-refractivity contribution in [3.8, 4) is 5.75 Å². The van der Waals surface area contributed by atoms with Gasteiger partial charge in [-0.3, -0.25) is 4.79 Å². The minimum atomic E-state index is -0.641. The van der Waals surface area contributed by atoms with Gasteiger partial charge in [0.1, 0.15) is 5.75 Å². The Balaban J connectivity index is 2.10. The maximum Gasteiger partial charge on any atom is 0.306 e. The van der Waals surface area contributed by atoms with Gasteiger partial charge < -0.3 is 9.84 Å². The van der Waals surface area contributed by atoms with E-state index in [9.17, 15) is 9.90 Å². The third-order valence-electron chi connectivity index (χ3n) is 3.94. The highest BCUT2D eigenvalue weighted by atomic mass is 79.9. The standard InChI is InChI=1S/C15H19BrO3/c1-19-14-7-6-10(9-13(14)16)8-11-4-2-3-5-12(11)15(17)18/h6-7,9,11-12H,2-5,8H2,1H3,(H,17,18). The summed E-state index contributed by atoms with van der Waals surface area (Å²) in [5, 5.41) is 9.29. The van der Waals surface area contributed by atoms with Gasteiger partial charge in [0.15, 0.2) is 0 Å². The molecule has 0 bridgehead atoms. The Kier molecular flexibility index (Phi) is 4.86. The summed E-state index contributed by atoms with van der Waals surface area (Å²) in [5.41, 5.74) is 1.17. The molecule has 1 aliphatic rings. The molecule has 0 aliphatic heterocycles. The average molecular weight is 327 g/mol. The Bertz CT molecular complexity index is 459. The molecule has 0 heterocycles. The maximum atomic E-state index is 11.3. The second kappa shape index (κ2) is 6.42. The summed E-state index contributed by atoms with van der Waals surface area (Å²) >= 11 is 3.47. The SMILES string of the molecule is COc1ccc(CC2CCCCC2C(=O)O)cc1Br. The summed E-state index contributed by atoms with van der Waals surface area (Å²) in [6.45, 7) is 0. The lowest BCUT2D eigenvalue weighted by molar-refractivity contribution is -0.144.